The second-order valence-corrected chi connectivity index (χ2v) is 11.0. The van der Waals surface area contributed by atoms with E-state index in [4.69, 9.17) is 14.2 Å². The average molecular weight is 604 g/mol. The van der Waals surface area contributed by atoms with E-state index in [0.717, 1.165) is 0 Å². The van der Waals surface area contributed by atoms with Crippen LogP contribution in [0.4, 0.5) is 26.7 Å². The largest absolute Gasteiger partial charge is 0.488 e. The molecule has 0 fully saturated rings. The molecular weight excluding hydrogens is 566 g/mol. The number of nitrogens with zero attached hydrogens (tertiary/aromatic N) is 2. The third-order valence-corrected chi connectivity index (χ3v) is 7.63. The Labute approximate surface area is 255 Å². The summed E-state index contributed by atoms with van der Waals surface area (Å²) in [6.07, 6.45) is -0.476. The Kier molecular flexibility index (Phi) is 9.39. The van der Waals surface area contributed by atoms with E-state index in [1.165, 1.54) is 0 Å². The second kappa shape index (κ2) is 13.6. The Morgan fingerprint density at radius 3 is 2.36 bits per heavy atom. The summed E-state index contributed by atoms with van der Waals surface area (Å²) in [5.41, 5.74) is 2.23. The number of aliphatic hydroxyl groups excluding tert-OH is 1. The van der Waals surface area contributed by atoms with E-state index in [9.17, 15) is 19.5 Å². The molecule has 12 heteroatoms. The average Bonchev–Trinajstić information content (AvgIpc) is 3.49. The van der Waals surface area contributed by atoms with Crippen LogP contribution in [-0.4, -0.2) is 78.6 Å². The molecule has 3 aromatic rings. The number of carbonyl (C=O) groups excluding carboxylic acids is 3. The SMILES string of the molecule is C[C@@H]1CN([C@H](C)CO)C(=O)Cc2cc(NC(=O)Nc3ccc4c(c3)OCO4)ccc2O[C@@H]1CN(C)C(=O)Nc1ccccc1. The normalized spacial score (nSPS) is 18.1. The minimum absolute atomic E-state index is 0.00272. The summed E-state index contributed by atoms with van der Waals surface area (Å²) in [7, 11) is 1.69. The first-order valence-electron chi connectivity index (χ1n) is 14.4. The number of hydrogen-bond acceptors (Lipinski definition) is 7. The van der Waals surface area contributed by atoms with Crippen molar-refractivity contribution in [1.82, 2.24) is 9.80 Å². The molecule has 4 N–H and O–H groups in total. The highest BCUT2D eigenvalue weighted by Crippen LogP contribution is 2.34. The van der Waals surface area contributed by atoms with E-state index in [0.29, 0.717) is 46.4 Å². The minimum atomic E-state index is -0.479. The molecule has 232 valence electrons. The van der Waals surface area contributed by atoms with E-state index >= 15 is 0 Å². The Hall–Kier alpha value is -4.97. The van der Waals surface area contributed by atoms with Gasteiger partial charge in [0.05, 0.1) is 25.6 Å². The molecule has 5 rings (SSSR count). The van der Waals surface area contributed by atoms with Gasteiger partial charge >= 0.3 is 12.1 Å². The zero-order valence-electron chi connectivity index (χ0n) is 24.9. The van der Waals surface area contributed by atoms with E-state index in [1.807, 2.05) is 37.3 Å². The van der Waals surface area contributed by atoms with Gasteiger partial charge in [-0.15, -0.1) is 0 Å². The third kappa shape index (κ3) is 7.32. The van der Waals surface area contributed by atoms with Crippen molar-refractivity contribution in [2.45, 2.75) is 32.4 Å². The fourth-order valence-electron chi connectivity index (χ4n) is 5.09. The molecule has 5 amide bonds. The van der Waals surface area contributed by atoms with Gasteiger partial charge in [-0.25, -0.2) is 9.59 Å². The molecule has 12 nitrogen and oxygen atoms in total. The summed E-state index contributed by atoms with van der Waals surface area (Å²) >= 11 is 0. The van der Waals surface area contributed by atoms with Crippen LogP contribution >= 0.6 is 0 Å². The fraction of sp³-hybridized carbons (Fsp3) is 0.344. The van der Waals surface area contributed by atoms with Crippen molar-refractivity contribution in [2.75, 3.05) is 49.5 Å². The van der Waals surface area contributed by atoms with E-state index in [1.54, 1.807) is 60.2 Å². The number of rotatable bonds is 7. The van der Waals surface area contributed by atoms with Crippen molar-refractivity contribution >= 4 is 35.0 Å². The lowest BCUT2D eigenvalue weighted by molar-refractivity contribution is -0.134. The van der Waals surface area contributed by atoms with Gasteiger partial charge in [-0.05, 0) is 49.4 Å². The molecule has 0 spiro atoms. The molecule has 0 radical (unpaired) electrons. The first-order chi connectivity index (χ1) is 21.2. The molecule has 0 bridgehead atoms. The van der Waals surface area contributed by atoms with Crippen molar-refractivity contribution in [3.63, 3.8) is 0 Å². The fourth-order valence-corrected chi connectivity index (χ4v) is 5.09. The standard InChI is InChI=1S/C32H37N5O7/c1-20-16-37(21(2)18-38)30(39)14-22-13-24(33-31(40)34-25-10-12-27-28(15-25)43-19-42-27)9-11-26(22)44-29(20)17-36(3)32(41)35-23-7-5-4-6-8-23/h4-13,15,20-21,29,38H,14,16-19H2,1-3H3,(H,35,41)(H2,33,34,40)/t20-,21-,29-/m1/s1. The number of para-hydroxylation sites is 1. The molecule has 2 aliphatic rings. The Morgan fingerprint density at radius 2 is 1.64 bits per heavy atom. The van der Waals surface area contributed by atoms with Crippen LogP contribution in [0, 0.1) is 5.92 Å². The molecule has 44 heavy (non-hydrogen) atoms. The number of ether oxygens (including phenoxy) is 3. The van der Waals surface area contributed by atoms with E-state index < -0.39 is 18.2 Å². The molecular formula is C32H37N5O7. The maximum Gasteiger partial charge on any atom is 0.323 e. The number of aliphatic hydroxyl groups is 1. The van der Waals surface area contributed by atoms with Gasteiger partial charge < -0.3 is 45.1 Å². The summed E-state index contributed by atoms with van der Waals surface area (Å²) in [4.78, 5) is 42.5. The number of fused-ring (bicyclic) bond motifs is 2. The van der Waals surface area contributed by atoms with Crippen LogP contribution in [0.2, 0.25) is 0 Å². The molecule has 0 saturated carbocycles. The smallest absolute Gasteiger partial charge is 0.323 e. The highest BCUT2D eigenvalue weighted by molar-refractivity contribution is 6.00. The van der Waals surface area contributed by atoms with Crippen molar-refractivity contribution in [3.05, 3.63) is 72.3 Å². The Morgan fingerprint density at radius 1 is 0.955 bits per heavy atom. The zero-order valence-corrected chi connectivity index (χ0v) is 24.9. The summed E-state index contributed by atoms with van der Waals surface area (Å²) in [6.45, 7) is 4.25. The van der Waals surface area contributed by atoms with Gasteiger partial charge in [-0.1, -0.05) is 25.1 Å². The van der Waals surface area contributed by atoms with E-state index in [2.05, 4.69) is 16.0 Å². The number of nitrogens with one attached hydrogen (secondary N) is 3. The van der Waals surface area contributed by atoms with Crippen LogP contribution < -0.4 is 30.2 Å². The minimum Gasteiger partial charge on any atom is -0.488 e. The number of urea groups is 2. The maximum absolute atomic E-state index is 13.5. The quantitative estimate of drug-likeness (QED) is 0.314. The zero-order chi connectivity index (χ0) is 31.2. The highest BCUT2D eigenvalue weighted by Gasteiger charge is 2.32. The van der Waals surface area contributed by atoms with Gasteiger partial charge in [0, 0.05) is 48.2 Å². The van der Waals surface area contributed by atoms with Crippen LogP contribution in [0.15, 0.2) is 66.7 Å². The molecule has 0 aliphatic carbocycles. The van der Waals surface area contributed by atoms with E-state index in [-0.39, 0.29) is 44.2 Å². The predicted molar refractivity (Wildman–Crippen MR) is 165 cm³/mol. The first-order valence-corrected chi connectivity index (χ1v) is 14.4. The van der Waals surface area contributed by atoms with Crippen molar-refractivity contribution in [2.24, 2.45) is 5.92 Å². The van der Waals surface area contributed by atoms with Gasteiger partial charge in [0.15, 0.2) is 11.5 Å². The highest BCUT2D eigenvalue weighted by atomic mass is 16.7. The summed E-state index contributed by atoms with van der Waals surface area (Å²) in [5, 5.41) is 18.4. The maximum atomic E-state index is 13.5. The number of likely N-dealkylation sites (N-methyl/N-ethyl adjacent to an activating group) is 1. The summed E-state index contributed by atoms with van der Waals surface area (Å²) < 4.78 is 17.2. The van der Waals surface area contributed by atoms with Crippen LogP contribution in [0.3, 0.4) is 0 Å². The number of hydrogen-bond donors (Lipinski definition) is 4. The summed E-state index contributed by atoms with van der Waals surface area (Å²) in [5.74, 6) is 1.27. The third-order valence-electron chi connectivity index (χ3n) is 7.63. The molecule has 0 saturated heterocycles. The van der Waals surface area contributed by atoms with Crippen molar-refractivity contribution in [3.8, 4) is 17.2 Å². The molecule has 0 aromatic heterocycles. The van der Waals surface area contributed by atoms with Gasteiger partial charge in [0.2, 0.25) is 12.7 Å². The van der Waals surface area contributed by atoms with Gasteiger partial charge in [0.25, 0.3) is 0 Å². The Bertz CT molecular complexity index is 1500. The molecule has 2 heterocycles. The Balaban J connectivity index is 1.34. The van der Waals surface area contributed by atoms with Gasteiger partial charge in [0.1, 0.15) is 11.9 Å². The number of benzene rings is 3. The predicted octanol–water partition coefficient (Wildman–Crippen LogP) is 4.37. The number of carbonyl (C=O) groups is 3. The van der Waals surface area contributed by atoms with Crippen molar-refractivity contribution in [1.29, 1.82) is 0 Å². The second-order valence-electron chi connectivity index (χ2n) is 11.0. The number of amides is 5. The van der Waals surface area contributed by atoms with Crippen LogP contribution in [-0.2, 0) is 11.2 Å². The topological polar surface area (TPSA) is 142 Å². The first kappa shape index (κ1) is 30.5. The molecule has 3 aromatic carbocycles. The lowest BCUT2D eigenvalue weighted by atomic mass is 10.0. The van der Waals surface area contributed by atoms with Gasteiger partial charge in [-0.3, -0.25) is 4.79 Å². The molecule has 3 atom stereocenters. The number of anilines is 3. The monoisotopic (exact) mass is 603 g/mol. The van der Waals surface area contributed by atoms with Crippen LogP contribution in [0.25, 0.3) is 0 Å². The van der Waals surface area contributed by atoms with Gasteiger partial charge in [-0.2, -0.15) is 0 Å². The lowest BCUT2D eigenvalue weighted by Gasteiger charge is -2.34. The lowest BCUT2D eigenvalue weighted by Crippen LogP contribution is -2.48. The molecule has 2 aliphatic heterocycles. The van der Waals surface area contributed by atoms with Crippen LogP contribution in [0.1, 0.15) is 19.4 Å². The molecule has 0 unspecified atom stereocenters. The van der Waals surface area contributed by atoms with Crippen LogP contribution in [0.5, 0.6) is 17.2 Å². The van der Waals surface area contributed by atoms with Crippen molar-refractivity contribution < 1.29 is 33.7 Å². The summed E-state index contributed by atoms with van der Waals surface area (Å²) in [6, 6.07) is 18.2.